The van der Waals surface area contributed by atoms with Crippen molar-refractivity contribution in [2.24, 2.45) is 5.92 Å². The van der Waals surface area contributed by atoms with Crippen molar-refractivity contribution < 1.29 is 19.0 Å². The number of carbonyl (C=O) groups excluding carboxylic acids is 1. The molecular formula is C26H23IO4. The summed E-state index contributed by atoms with van der Waals surface area (Å²) in [5.41, 5.74) is 5.78. The highest BCUT2D eigenvalue weighted by atomic mass is 127. The van der Waals surface area contributed by atoms with Crippen LogP contribution in [0.25, 0.3) is 11.1 Å². The molecule has 31 heavy (non-hydrogen) atoms. The molecule has 0 saturated carbocycles. The van der Waals surface area contributed by atoms with Gasteiger partial charge in [0, 0.05) is 21.0 Å². The molecule has 1 saturated heterocycles. The summed E-state index contributed by atoms with van der Waals surface area (Å²) in [6, 6.07) is 24.7. The number of halogens is 1. The van der Waals surface area contributed by atoms with E-state index in [1.54, 1.807) is 6.92 Å². The van der Waals surface area contributed by atoms with Crippen molar-refractivity contribution in [2.75, 3.05) is 19.8 Å². The minimum absolute atomic E-state index is 0.0937. The summed E-state index contributed by atoms with van der Waals surface area (Å²) in [6.07, 6.45) is 0. The fraction of sp³-hybridized carbons (Fsp3) is 0.269. The van der Waals surface area contributed by atoms with E-state index in [4.69, 9.17) is 14.2 Å². The third-order valence-electron chi connectivity index (χ3n) is 6.12. The van der Waals surface area contributed by atoms with Crippen LogP contribution in [0.15, 0.2) is 72.8 Å². The number of hydrogen-bond acceptors (Lipinski definition) is 4. The molecule has 158 valence electrons. The predicted octanol–water partition coefficient (Wildman–Crippen LogP) is 5.48. The highest BCUT2D eigenvalue weighted by Gasteiger charge is 2.50. The summed E-state index contributed by atoms with van der Waals surface area (Å²) in [5.74, 6) is -1.75. The summed E-state index contributed by atoms with van der Waals surface area (Å²) < 4.78 is 19.0. The second kappa shape index (κ2) is 8.37. The SMILES string of the molecule is CCOC(=O)C1(c2ccc(I)cc2)OCC(C2c3ccccc3-c3ccccc32)CO1. The molecule has 0 amide bonds. The minimum atomic E-state index is -1.52. The Morgan fingerprint density at radius 1 is 0.935 bits per heavy atom. The maximum Gasteiger partial charge on any atom is 0.372 e. The molecule has 3 aromatic rings. The van der Waals surface area contributed by atoms with Crippen molar-refractivity contribution >= 4 is 28.6 Å². The van der Waals surface area contributed by atoms with E-state index in [2.05, 4.69) is 71.1 Å². The van der Waals surface area contributed by atoms with E-state index in [1.165, 1.54) is 22.3 Å². The lowest BCUT2D eigenvalue weighted by atomic mass is 9.84. The molecule has 0 bridgehead atoms. The highest BCUT2D eigenvalue weighted by Crippen LogP contribution is 2.50. The molecule has 0 aromatic heterocycles. The van der Waals surface area contributed by atoms with Gasteiger partial charge in [0.1, 0.15) is 0 Å². The van der Waals surface area contributed by atoms with Crippen LogP contribution in [0.5, 0.6) is 0 Å². The first-order chi connectivity index (χ1) is 15.1. The first kappa shape index (κ1) is 20.7. The molecule has 3 aromatic carbocycles. The maximum atomic E-state index is 13.0. The Morgan fingerprint density at radius 2 is 1.48 bits per heavy atom. The lowest BCUT2D eigenvalue weighted by Crippen LogP contribution is -2.49. The summed E-state index contributed by atoms with van der Waals surface area (Å²) in [4.78, 5) is 13.0. The molecule has 4 nitrogen and oxygen atoms in total. The van der Waals surface area contributed by atoms with Crippen molar-refractivity contribution in [3.8, 4) is 11.1 Å². The van der Waals surface area contributed by atoms with Gasteiger partial charge in [-0.05, 0) is 63.9 Å². The van der Waals surface area contributed by atoms with E-state index < -0.39 is 11.8 Å². The summed E-state index contributed by atoms with van der Waals surface area (Å²) >= 11 is 2.24. The van der Waals surface area contributed by atoms with Crippen LogP contribution in [-0.2, 0) is 24.8 Å². The van der Waals surface area contributed by atoms with Gasteiger partial charge in [-0.1, -0.05) is 60.7 Å². The van der Waals surface area contributed by atoms with Gasteiger partial charge in [0.15, 0.2) is 0 Å². The number of rotatable bonds is 4. The van der Waals surface area contributed by atoms with Crippen LogP contribution in [0.1, 0.15) is 29.5 Å². The van der Waals surface area contributed by atoms with Gasteiger partial charge in [-0.3, -0.25) is 0 Å². The van der Waals surface area contributed by atoms with Crippen molar-refractivity contribution in [1.29, 1.82) is 0 Å². The van der Waals surface area contributed by atoms with E-state index in [0.717, 1.165) is 3.57 Å². The number of hydrogen-bond donors (Lipinski definition) is 0. The van der Waals surface area contributed by atoms with E-state index >= 15 is 0 Å². The smallest absolute Gasteiger partial charge is 0.372 e. The molecule has 5 rings (SSSR count). The summed E-state index contributed by atoms with van der Waals surface area (Å²) in [5, 5.41) is 0. The molecule has 0 spiro atoms. The van der Waals surface area contributed by atoms with Gasteiger partial charge in [-0.25, -0.2) is 4.79 Å². The quantitative estimate of drug-likeness (QED) is 0.334. The zero-order valence-corrected chi connectivity index (χ0v) is 19.4. The molecule has 5 heteroatoms. The van der Waals surface area contributed by atoms with Crippen LogP contribution in [0.4, 0.5) is 0 Å². The summed E-state index contributed by atoms with van der Waals surface area (Å²) in [6.45, 7) is 2.86. The van der Waals surface area contributed by atoms with E-state index in [9.17, 15) is 4.79 Å². The van der Waals surface area contributed by atoms with E-state index in [1.807, 2.05) is 24.3 Å². The Kier molecular flexibility index (Phi) is 5.58. The zero-order valence-electron chi connectivity index (χ0n) is 17.2. The standard InChI is InChI=1S/C26H23IO4/c1-2-29-25(28)26(18-11-13-19(27)14-12-18)30-15-17(16-31-26)24-22-9-5-3-7-20(22)21-8-4-6-10-23(21)24/h3-14,17,24H,2,15-16H2,1H3. The normalized spacial score (nSPS) is 22.6. The molecular weight excluding hydrogens is 503 g/mol. The topological polar surface area (TPSA) is 44.8 Å². The second-order valence-electron chi connectivity index (χ2n) is 7.88. The van der Waals surface area contributed by atoms with Crippen molar-refractivity contribution in [3.63, 3.8) is 0 Å². The van der Waals surface area contributed by atoms with Crippen LogP contribution in [0.2, 0.25) is 0 Å². The Morgan fingerprint density at radius 3 is 2.03 bits per heavy atom. The van der Waals surface area contributed by atoms with E-state index in [0.29, 0.717) is 18.8 Å². The molecule has 0 atom stereocenters. The van der Waals surface area contributed by atoms with Crippen LogP contribution >= 0.6 is 22.6 Å². The molecule has 1 aliphatic carbocycles. The molecule has 0 N–H and O–H groups in total. The fourth-order valence-electron chi connectivity index (χ4n) is 4.73. The van der Waals surface area contributed by atoms with Gasteiger partial charge in [0.05, 0.1) is 19.8 Å². The maximum absolute atomic E-state index is 13.0. The van der Waals surface area contributed by atoms with Gasteiger partial charge in [0.25, 0.3) is 5.79 Å². The first-order valence-corrected chi connectivity index (χ1v) is 11.6. The zero-order chi connectivity index (χ0) is 21.4. The Balaban J connectivity index is 1.47. The number of ether oxygens (including phenoxy) is 3. The van der Waals surface area contributed by atoms with Gasteiger partial charge >= 0.3 is 5.97 Å². The van der Waals surface area contributed by atoms with Gasteiger partial charge < -0.3 is 14.2 Å². The monoisotopic (exact) mass is 526 g/mol. The molecule has 1 heterocycles. The molecule has 2 aliphatic rings. The Bertz CT molecular complexity index is 1050. The van der Waals surface area contributed by atoms with E-state index in [-0.39, 0.29) is 18.4 Å². The lowest BCUT2D eigenvalue weighted by Gasteiger charge is -2.40. The Hall–Kier alpha value is -2.22. The van der Waals surface area contributed by atoms with Gasteiger partial charge in [0.2, 0.25) is 0 Å². The minimum Gasteiger partial charge on any atom is -0.462 e. The fourth-order valence-corrected chi connectivity index (χ4v) is 5.09. The average molecular weight is 526 g/mol. The first-order valence-electron chi connectivity index (χ1n) is 10.5. The molecule has 1 aliphatic heterocycles. The van der Waals surface area contributed by atoms with Crippen LogP contribution in [-0.4, -0.2) is 25.8 Å². The van der Waals surface area contributed by atoms with Crippen LogP contribution in [0, 0.1) is 9.49 Å². The molecule has 0 radical (unpaired) electrons. The Labute approximate surface area is 195 Å². The molecule has 1 fully saturated rings. The number of carbonyl (C=O) groups is 1. The van der Waals surface area contributed by atoms with Crippen molar-refractivity contribution in [3.05, 3.63) is 93.1 Å². The predicted molar refractivity (Wildman–Crippen MR) is 127 cm³/mol. The number of fused-ring (bicyclic) bond motifs is 3. The number of benzene rings is 3. The van der Waals surface area contributed by atoms with Crippen molar-refractivity contribution in [1.82, 2.24) is 0 Å². The lowest BCUT2D eigenvalue weighted by molar-refractivity contribution is -0.290. The third-order valence-corrected chi connectivity index (χ3v) is 6.84. The molecule has 0 unspecified atom stereocenters. The largest absolute Gasteiger partial charge is 0.462 e. The van der Waals surface area contributed by atoms with Gasteiger partial charge in [-0.2, -0.15) is 0 Å². The third kappa shape index (κ3) is 3.49. The average Bonchev–Trinajstić information content (AvgIpc) is 3.14. The van der Waals surface area contributed by atoms with Crippen molar-refractivity contribution in [2.45, 2.75) is 18.6 Å². The highest BCUT2D eigenvalue weighted by molar-refractivity contribution is 14.1. The number of esters is 1. The van der Waals surface area contributed by atoms with Gasteiger partial charge in [-0.15, -0.1) is 0 Å². The van der Waals surface area contributed by atoms with Crippen LogP contribution in [0.3, 0.4) is 0 Å². The second-order valence-corrected chi connectivity index (χ2v) is 9.12. The summed E-state index contributed by atoms with van der Waals surface area (Å²) in [7, 11) is 0. The van der Waals surface area contributed by atoms with Crippen LogP contribution < -0.4 is 0 Å².